The summed E-state index contributed by atoms with van der Waals surface area (Å²) in [7, 11) is 2.17. The van der Waals surface area contributed by atoms with Crippen molar-refractivity contribution in [2.75, 3.05) is 7.05 Å². The molecule has 3 heteroatoms. The number of benzene rings is 8. The van der Waals surface area contributed by atoms with E-state index in [0.29, 0.717) is 0 Å². The van der Waals surface area contributed by atoms with Crippen LogP contribution >= 0.6 is 0 Å². The maximum atomic E-state index is 5.30. The summed E-state index contributed by atoms with van der Waals surface area (Å²) < 4.78 is 2.45. The van der Waals surface area contributed by atoms with Crippen LogP contribution in [0.2, 0.25) is 0 Å². The Morgan fingerprint density at radius 2 is 1.08 bits per heavy atom. The average molecular weight is 640 g/mol. The van der Waals surface area contributed by atoms with Crippen molar-refractivity contribution in [3.8, 4) is 5.69 Å². The minimum atomic E-state index is -0.0288. The smallest absolute Gasteiger partial charge is 0.137 e. The summed E-state index contributed by atoms with van der Waals surface area (Å²) >= 11 is 0. The van der Waals surface area contributed by atoms with E-state index in [1.807, 2.05) is 0 Å². The van der Waals surface area contributed by atoms with Gasteiger partial charge in [-0.1, -0.05) is 140 Å². The number of likely N-dealkylation sites (N-methyl/N-ethyl adjacent to an activating group) is 1. The van der Waals surface area contributed by atoms with Crippen molar-refractivity contribution in [3.05, 3.63) is 193 Å². The monoisotopic (exact) mass is 639 g/mol. The molecule has 50 heavy (non-hydrogen) atoms. The lowest BCUT2D eigenvalue weighted by molar-refractivity contribution is 0.435. The van der Waals surface area contributed by atoms with Gasteiger partial charge < -0.3 is 9.47 Å². The molecule has 1 unspecified atom stereocenters. The molecule has 2 heterocycles. The van der Waals surface area contributed by atoms with Crippen LogP contribution < -0.4 is 0 Å². The highest BCUT2D eigenvalue weighted by Gasteiger charge is 2.26. The van der Waals surface area contributed by atoms with Crippen molar-refractivity contribution in [1.29, 1.82) is 0 Å². The van der Waals surface area contributed by atoms with Crippen molar-refractivity contribution < 1.29 is 0 Å². The first-order valence-corrected chi connectivity index (χ1v) is 17.2. The molecule has 0 spiro atoms. The Morgan fingerprint density at radius 3 is 1.78 bits per heavy atom. The molecule has 0 amide bonds. The second-order valence-corrected chi connectivity index (χ2v) is 13.3. The SMILES string of the molecule is CN1C(c2ccc3ccccc3c2)=NC(c2ccccc2)=CC1c1cccc(-n2c3ccc4ccccc4c3c3c4ccccc4ccc32)c1. The van der Waals surface area contributed by atoms with E-state index >= 15 is 0 Å². The first-order chi connectivity index (χ1) is 24.7. The minimum Gasteiger partial charge on any atom is -0.349 e. The maximum absolute atomic E-state index is 5.30. The van der Waals surface area contributed by atoms with Crippen LogP contribution in [-0.2, 0) is 0 Å². The lowest BCUT2D eigenvalue weighted by Crippen LogP contribution is -2.33. The summed E-state index contributed by atoms with van der Waals surface area (Å²) in [5.41, 5.74) is 7.98. The normalized spacial score (nSPS) is 14.9. The summed E-state index contributed by atoms with van der Waals surface area (Å²) in [6, 6.07) is 61.4. The highest BCUT2D eigenvalue weighted by Crippen LogP contribution is 2.41. The maximum Gasteiger partial charge on any atom is 0.137 e. The van der Waals surface area contributed by atoms with Gasteiger partial charge in [0, 0.05) is 29.1 Å². The third kappa shape index (κ3) is 4.48. The molecule has 9 aromatic rings. The molecule has 0 fully saturated rings. The minimum absolute atomic E-state index is 0.0288. The van der Waals surface area contributed by atoms with Crippen molar-refractivity contribution in [2.45, 2.75) is 6.04 Å². The number of amidine groups is 1. The molecule has 236 valence electrons. The third-order valence-corrected chi connectivity index (χ3v) is 10.4. The molecule has 0 saturated carbocycles. The van der Waals surface area contributed by atoms with Gasteiger partial charge in [-0.2, -0.15) is 0 Å². The Hall–Kier alpha value is -6.45. The van der Waals surface area contributed by atoms with Gasteiger partial charge in [-0.25, -0.2) is 4.99 Å². The van der Waals surface area contributed by atoms with Gasteiger partial charge in [0.25, 0.3) is 0 Å². The van der Waals surface area contributed by atoms with Crippen LogP contribution in [-0.4, -0.2) is 22.4 Å². The molecule has 1 aromatic heterocycles. The molecule has 0 radical (unpaired) electrons. The van der Waals surface area contributed by atoms with Gasteiger partial charge in [-0.3, -0.25) is 0 Å². The number of aliphatic imine (C=N–C) groups is 1. The molecule has 0 aliphatic carbocycles. The van der Waals surface area contributed by atoms with Gasteiger partial charge in [0.05, 0.1) is 22.8 Å². The zero-order valence-electron chi connectivity index (χ0n) is 27.7. The summed E-state index contributed by atoms with van der Waals surface area (Å²) in [5.74, 6) is 0.960. The first kappa shape index (κ1) is 28.6. The highest BCUT2D eigenvalue weighted by atomic mass is 15.2. The van der Waals surface area contributed by atoms with Crippen molar-refractivity contribution in [1.82, 2.24) is 9.47 Å². The fourth-order valence-corrected chi connectivity index (χ4v) is 7.98. The van der Waals surface area contributed by atoms with Gasteiger partial charge in [0.2, 0.25) is 0 Å². The van der Waals surface area contributed by atoms with Crippen LogP contribution in [0.3, 0.4) is 0 Å². The number of rotatable bonds is 4. The van der Waals surface area contributed by atoms with E-state index in [9.17, 15) is 0 Å². The number of hydrogen-bond donors (Lipinski definition) is 0. The van der Waals surface area contributed by atoms with Crippen LogP contribution in [0.1, 0.15) is 22.7 Å². The predicted octanol–water partition coefficient (Wildman–Crippen LogP) is 11.7. The first-order valence-electron chi connectivity index (χ1n) is 17.2. The van der Waals surface area contributed by atoms with E-state index in [1.165, 1.54) is 59.7 Å². The fourth-order valence-electron chi connectivity index (χ4n) is 7.98. The van der Waals surface area contributed by atoms with Crippen LogP contribution in [0.25, 0.3) is 65.5 Å². The molecular formula is C47H33N3. The zero-order chi connectivity index (χ0) is 33.2. The summed E-state index contributed by atoms with van der Waals surface area (Å²) in [6.07, 6.45) is 2.31. The van der Waals surface area contributed by atoms with E-state index in [4.69, 9.17) is 4.99 Å². The number of fused-ring (bicyclic) bond motifs is 8. The largest absolute Gasteiger partial charge is 0.349 e. The molecular weight excluding hydrogens is 607 g/mol. The van der Waals surface area contributed by atoms with E-state index in [1.54, 1.807) is 0 Å². The number of aromatic nitrogens is 1. The Labute approximate surface area is 290 Å². The molecule has 1 atom stereocenters. The molecule has 1 aliphatic rings. The van der Waals surface area contributed by atoms with E-state index < -0.39 is 0 Å². The zero-order valence-corrected chi connectivity index (χ0v) is 27.7. The predicted molar refractivity (Wildman–Crippen MR) is 211 cm³/mol. The van der Waals surface area contributed by atoms with Gasteiger partial charge in [-0.05, 0) is 79.9 Å². The van der Waals surface area contributed by atoms with Crippen molar-refractivity contribution >= 4 is 65.7 Å². The second kappa shape index (κ2) is 11.3. The highest BCUT2D eigenvalue weighted by molar-refractivity contribution is 6.28. The molecule has 10 rings (SSSR count). The second-order valence-electron chi connectivity index (χ2n) is 13.3. The standard InChI is InChI=1S/C47H33N3/c1-49-44(30-41(34-15-3-2-4-16-34)48-47(49)37-23-22-31-12-5-6-17-35(31)28-37)36-18-11-19-38(29-36)50-42-26-24-32-13-7-9-20-39(32)45(42)46-40-21-10-8-14-33(40)25-27-43(46)50/h2-30,44H,1H3. The summed E-state index contributed by atoms with van der Waals surface area (Å²) in [5, 5.41) is 10.1. The van der Waals surface area contributed by atoms with Crippen LogP contribution in [0.15, 0.2) is 181 Å². The Balaban J connectivity index is 1.18. The van der Waals surface area contributed by atoms with E-state index in [2.05, 4.69) is 192 Å². The molecule has 0 saturated heterocycles. The average Bonchev–Trinajstić information content (AvgIpc) is 3.54. The summed E-state index contributed by atoms with van der Waals surface area (Å²) in [4.78, 5) is 7.62. The lowest BCUT2D eigenvalue weighted by Gasteiger charge is -2.33. The van der Waals surface area contributed by atoms with Crippen LogP contribution in [0, 0.1) is 0 Å². The molecule has 3 nitrogen and oxygen atoms in total. The Kier molecular flexibility index (Phi) is 6.47. The Bertz CT molecular complexity index is 2750. The van der Waals surface area contributed by atoms with E-state index in [-0.39, 0.29) is 6.04 Å². The topological polar surface area (TPSA) is 20.5 Å². The quantitative estimate of drug-likeness (QED) is 0.188. The van der Waals surface area contributed by atoms with Crippen molar-refractivity contribution in [2.24, 2.45) is 4.99 Å². The van der Waals surface area contributed by atoms with Crippen LogP contribution in [0.4, 0.5) is 0 Å². The molecule has 0 N–H and O–H groups in total. The van der Waals surface area contributed by atoms with Gasteiger partial charge >= 0.3 is 0 Å². The fraction of sp³-hybridized carbons (Fsp3) is 0.0426. The third-order valence-electron chi connectivity index (χ3n) is 10.4. The Morgan fingerprint density at radius 1 is 0.480 bits per heavy atom. The summed E-state index contributed by atoms with van der Waals surface area (Å²) in [6.45, 7) is 0. The van der Waals surface area contributed by atoms with Crippen molar-refractivity contribution in [3.63, 3.8) is 0 Å². The van der Waals surface area contributed by atoms with E-state index in [0.717, 1.165) is 28.3 Å². The molecule has 1 aliphatic heterocycles. The van der Waals surface area contributed by atoms with Gasteiger partial charge in [0.15, 0.2) is 0 Å². The number of hydrogen-bond acceptors (Lipinski definition) is 2. The number of nitrogens with zero attached hydrogens (tertiary/aromatic N) is 3. The van der Waals surface area contributed by atoms with Gasteiger partial charge in [0.1, 0.15) is 5.84 Å². The van der Waals surface area contributed by atoms with Gasteiger partial charge in [-0.15, -0.1) is 0 Å². The lowest BCUT2D eigenvalue weighted by atomic mass is 9.97. The van der Waals surface area contributed by atoms with Crippen LogP contribution in [0.5, 0.6) is 0 Å². The molecule has 0 bridgehead atoms. The molecule has 8 aromatic carbocycles.